The molecule has 1 aromatic heterocycles. The molecule has 1 aromatic carbocycles. The summed E-state index contributed by atoms with van der Waals surface area (Å²) in [6.07, 6.45) is 3.93. The first-order valence-electron chi connectivity index (χ1n) is 6.21. The standard InChI is InChI=1S/C14H17F2N3/c1-9(2)3-13(17)14-7-18-8-19(14)12-5-10(15)4-11(16)6-12/h4-9,13H,3,17H2,1-2H3. The molecule has 3 nitrogen and oxygen atoms in total. The number of aromatic nitrogens is 2. The summed E-state index contributed by atoms with van der Waals surface area (Å²) >= 11 is 0. The maximum absolute atomic E-state index is 13.3. The lowest BCUT2D eigenvalue weighted by molar-refractivity contribution is 0.497. The van der Waals surface area contributed by atoms with Gasteiger partial charge in [-0.2, -0.15) is 0 Å². The monoisotopic (exact) mass is 265 g/mol. The lowest BCUT2D eigenvalue weighted by atomic mass is 10.0. The zero-order chi connectivity index (χ0) is 14.0. The first kappa shape index (κ1) is 13.7. The fourth-order valence-corrected chi connectivity index (χ4v) is 2.10. The fraction of sp³-hybridized carbons (Fsp3) is 0.357. The SMILES string of the molecule is CC(C)CC(N)c1cncn1-c1cc(F)cc(F)c1. The van der Waals surface area contributed by atoms with E-state index in [9.17, 15) is 8.78 Å². The predicted molar refractivity (Wildman–Crippen MR) is 69.9 cm³/mol. The van der Waals surface area contributed by atoms with Crippen molar-refractivity contribution in [3.05, 3.63) is 48.1 Å². The highest BCUT2D eigenvalue weighted by atomic mass is 19.1. The minimum atomic E-state index is -0.618. The minimum absolute atomic E-state index is 0.214. The van der Waals surface area contributed by atoms with Crippen LogP contribution in [0.4, 0.5) is 8.78 Å². The quantitative estimate of drug-likeness (QED) is 0.922. The van der Waals surface area contributed by atoms with Crippen LogP contribution in [0.1, 0.15) is 32.0 Å². The molecule has 1 unspecified atom stereocenters. The van der Waals surface area contributed by atoms with Crippen LogP contribution in [-0.4, -0.2) is 9.55 Å². The predicted octanol–water partition coefficient (Wildman–Crippen LogP) is 3.20. The molecule has 0 spiro atoms. The average Bonchev–Trinajstić information content (AvgIpc) is 2.75. The van der Waals surface area contributed by atoms with Crippen molar-refractivity contribution in [3.8, 4) is 5.69 Å². The van der Waals surface area contributed by atoms with E-state index in [-0.39, 0.29) is 6.04 Å². The van der Waals surface area contributed by atoms with Crippen molar-refractivity contribution in [2.45, 2.75) is 26.3 Å². The van der Waals surface area contributed by atoms with E-state index in [4.69, 9.17) is 5.73 Å². The van der Waals surface area contributed by atoms with Gasteiger partial charge in [0.15, 0.2) is 0 Å². The number of imidazole rings is 1. The van der Waals surface area contributed by atoms with E-state index >= 15 is 0 Å². The number of halogens is 2. The van der Waals surface area contributed by atoms with Crippen LogP contribution in [0, 0.1) is 17.6 Å². The highest BCUT2D eigenvalue weighted by molar-refractivity contribution is 5.35. The van der Waals surface area contributed by atoms with Gasteiger partial charge in [0.2, 0.25) is 0 Å². The summed E-state index contributed by atoms with van der Waals surface area (Å²) in [4.78, 5) is 4.02. The van der Waals surface area contributed by atoms with Gasteiger partial charge >= 0.3 is 0 Å². The summed E-state index contributed by atoms with van der Waals surface area (Å²) in [6, 6.07) is 3.15. The van der Waals surface area contributed by atoms with E-state index in [1.807, 2.05) is 0 Å². The molecule has 102 valence electrons. The van der Waals surface area contributed by atoms with E-state index in [2.05, 4.69) is 18.8 Å². The molecule has 2 N–H and O–H groups in total. The summed E-state index contributed by atoms with van der Waals surface area (Å²) in [5.41, 5.74) is 7.25. The van der Waals surface area contributed by atoms with Gasteiger partial charge in [0, 0.05) is 12.1 Å². The van der Waals surface area contributed by atoms with Gasteiger partial charge in [0.1, 0.15) is 11.6 Å². The largest absolute Gasteiger partial charge is 0.323 e. The average molecular weight is 265 g/mol. The Bertz CT molecular complexity index is 543. The maximum atomic E-state index is 13.3. The van der Waals surface area contributed by atoms with E-state index in [0.29, 0.717) is 11.6 Å². The Morgan fingerprint density at radius 1 is 1.21 bits per heavy atom. The van der Waals surface area contributed by atoms with Crippen LogP contribution in [-0.2, 0) is 0 Å². The molecule has 0 aliphatic carbocycles. The van der Waals surface area contributed by atoms with Crippen LogP contribution >= 0.6 is 0 Å². The molecule has 2 aromatic rings. The molecule has 0 radical (unpaired) electrons. The Hall–Kier alpha value is -1.75. The van der Waals surface area contributed by atoms with E-state index in [1.54, 1.807) is 10.8 Å². The van der Waals surface area contributed by atoms with Crippen molar-refractivity contribution < 1.29 is 8.78 Å². The van der Waals surface area contributed by atoms with E-state index < -0.39 is 11.6 Å². The van der Waals surface area contributed by atoms with Crippen LogP contribution in [0.5, 0.6) is 0 Å². The zero-order valence-corrected chi connectivity index (χ0v) is 11.0. The molecule has 0 saturated heterocycles. The number of hydrogen-bond donors (Lipinski definition) is 1. The summed E-state index contributed by atoms with van der Waals surface area (Å²) in [5.74, 6) is -0.804. The van der Waals surface area contributed by atoms with Gasteiger partial charge in [-0.1, -0.05) is 13.8 Å². The van der Waals surface area contributed by atoms with Crippen LogP contribution in [0.15, 0.2) is 30.7 Å². The van der Waals surface area contributed by atoms with Crippen molar-refractivity contribution >= 4 is 0 Å². The molecule has 0 fully saturated rings. The highest BCUT2D eigenvalue weighted by Crippen LogP contribution is 2.22. The van der Waals surface area contributed by atoms with E-state index in [0.717, 1.165) is 18.2 Å². The van der Waals surface area contributed by atoms with Crippen molar-refractivity contribution in [3.63, 3.8) is 0 Å². The lowest BCUT2D eigenvalue weighted by Crippen LogP contribution is -2.16. The molecule has 5 heteroatoms. The topological polar surface area (TPSA) is 43.8 Å². The molecule has 0 bridgehead atoms. The maximum Gasteiger partial charge on any atom is 0.128 e. The number of benzene rings is 1. The second kappa shape index (κ2) is 5.48. The molecule has 1 atom stereocenters. The first-order chi connectivity index (χ1) is 8.97. The Kier molecular flexibility index (Phi) is 3.95. The summed E-state index contributed by atoms with van der Waals surface area (Å²) < 4.78 is 28.1. The third kappa shape index (κ3) is 3.17. The van der Waals surface area contributed by atoms with Gasteiger partial charge < -0.3 is 10.3 Å². The van der Waals surface area contributed by atoms with Crippen molar-refractivity contribution in [1.82, 2.24) is 9.55 Å². The molecule has 0 aliphatic rings. The van der Waals surface area contributed by atoms with Gasteiger partial charge in [0.25, 0.3) is 0 Å². The Morgan fingerprint density at radius 2 is 1.84 bits per heavy atom. The molecular weight excluding hydrogens is 248 g/mol. The Balaban J connectivity index is 2.38. The Morgan fingerprint density at radius 3 is 2.42 bits per heavy atom. The van der Waals surface area contributed by atoms with Crippen LogP contribution < -0.4 is 5.73 Å². The third-order valence-corrected chi connectivity index (χ3v) is 2.90. The molecule has 0 aliphatic heterocycles. The first-order valence-corrected chi connectivity index (χ1v) is 6.21. The Labute approximate surface area is 111 Å². The molecule has 19 heavy (non-hydrogen) atoms. The zero-order valence-electron chi connectivity index (χ0n) is 11.0. The van der Waals surface area contributed by atoms with E-state index in [1.165, 1.54) is 18.5 Å². The number of hydrogen-bond acceptors (Lipinski definition) is 2. The summed E-state index contributed by atoms with van der Waals surface area (Å²) in [5, 5.41) is 0. The number of rotatable bonds is 4. The van der Waals surface area contributed by atoms with Gasteiger partial charge in [-0.15, -0.1) is 0 Å². The van der Waals surface area contributed by atoms with Crippen LogP contribution in [0.2, 0.25) is 0 Å². The molecular formula is C14H17F2N3. The number of nitrogens with zero attached hydrogens (tertiary/aromatic N) is 2. The van der Waals surface area contributed by atoms with Crippen LogP contribution in [0.3, 0.4) is 0 Å². The lowest BCUT2D eigenvalue weighted by Gasteiger charge is -2.16. The second-order valence-electron chi connectivity index (χ2n) is 5.05. The van der Waals surface area contributed by atoms with Gasteiger partial charge in [0.05, 0.1) is 23.9 Å². The summed E-state index contributed by atoms with van der Waals surface area (Å²) in [6.45, 7) is 4.14. The third-order valence-electron chi connectivity index (χ3n) is 2.90. The fourth-order valence-electron chi connectivity index (χ4n) is 2.10. The molecule has 0 amide bonds. The van der Waals surface area contributed by atoms with Crippen LogP contribution in [0.25, 0.3) is 5.69 Å². The smallest absolute Gasteiger partial charge is 0.128 e. The van der Waals surface area contributed by atoms with Gasteiger partial charge in [-0.05, 0) is 24.5 Å². The minimum Gasteiger partial charge on any atom is -0.323 e. The molecule has 0 saturated carbocycles. The highest BCUT2D eigenvalue weighted by Gasteiger charge is 2.15. The van der Waals surface area contributed by atoms with Crippen molar-refractivity contribution in [2.24, 2.45) is 11.7 Å². The summed E-state index contributed by atoms with van der Waals surface area (Å²) in [7, 11) is 0. The normalized spacial score (nSPS) is 12.9. The van der Waals surface area contributed by atoms with Gasteiger partial charge in [-0.3, -0.25) is 0 Å². The van der Waals surface area contributed by atoms with Crippen molar-refractivity contribution in [1.29, 1.82) is 0 Å². The van der Waals surface area contributed by atoms with Gasteiger partial charge in [-0.25, -0.2) is 13.8 Å². The van der Waals surface area contributed by atoms with Crippen molar-refractivity contribution in [2.75, 3.05) is 0 Å². The molecule has 2 rings (SSSR count). The number of nitrogens with two attached hydrogens (primary N) is 1. The molecule has 1 heterocycles. The second-order valence-corrected chi connectivity index (χ2v) is 5.05.